The van der Waals surface area contributed by atoms with Crippen LogP contribution in [0.1, 0.15) is 11.1 Å². The quantitative estimate of drug-likeness (QED) is 0.762. The summed E-state index contributed by atoms with van der Waals surface area (Å²) in [5.74, 6) is -0.626. The maximum Gasteiger partial charge on any atom is 0.408 e. The number of aliphatic carboxylic acids is 1. The van der Waals surface area contributed by atoms with Gasteiger partial charge in [-0.05, 0) is 11.1 Å². The van der Waals surface area contributed by atoms with E-state index in [0.29, 0.717) is 5.75 Å². The van der Waals surface area contributed by atoms with E-state index in [-0.39, 0.29) is 6.61 Å². The van der Waals surface area contributed by atoms with E-state index in [2.05, 4.69) is 5.32 Å². The molecule has 0 aliphatic heterocycles. The van der Waals surface area contributed by atoms with Gasteiger partial charge in [-0.3, -0.25) is 5.32 Å². The van der Waals surface area contributed by atoms with Gasteiger partial charge in [-0.1, -0.05) is 60.7 Å². The summed E-state index contributed by atoms with van der Waals surface area (Å²) in [6.07, 6.45) is -0.748. The number of amides is 1. The molecular weight excluding hydrogens is 314 g/mol. The zero-order valence-corrected chi connectivity index (χ0v) is 13.2. The minimum absolute atomic E-state index is 0.0996. The van der Waals surface area contributed by atoms with Crippen molar-refractivity contribution in [3.8, 4) is 0 Å². The molecule has 2 aromatic carbocycles. The van der Waals surface area contributed by atoms with Crippen molar-refractivity contribution >= 4 is 23.8 Å². The number of carbonyl (C=O) groups excluding carboxylic acids is 1. The molecule has 0 saturated heterocycles. The molecule has 6 heteroatoms. The fraction of sp³-hybridized carbons (Fsp3) is 0.176. The van der Waals surface area contributed by atoms with Gasteiger partial charge >= 0.3 is 12.1 Å². The zero-order valence-electron chi connectivity index (χ0n) is 12.3. The molecule has 2 N–H and O–H groups in total. The topological polar surface area (TPSA) is 75.6 Å². The molecule has 1 amide bonds. The van der Waals surface area contributed by atoms with E-state index in [9.17, 15) is 14.7 Å². The van der Waals surface area contributed by atoms with E-state index in [1.54, 1.807) is 0 Å². The number of carboxylic acids is 1. The Morgan fingerprint density at radius 1 is 1.00 bits per heavy atom. The highest BCUT2D eigenvalue weighted by molar-refractivity contribution is 7.99. The fourth-order valence-electron chi connectivity index (χ4n) is 1.80. The molecule has 0 aliphatic carbocycles. The summed E-state index contributed by atoms with van der Waals surface area (Å²) in [7, 11) is 0. The van der Waals surface area contributed by atoms with Gasteiger partial charge in [0.2, 0.25) is 0 Å². The van der Waals surface area contributed by atoms with Crippen molar-refractivity contribution in [2.45, 2.75) is 17.7 Å². The van der Waals surface area contributed by atoms with Crippen molar-refractivity contribution in [1.82, 2.24) is 5.32 Å². The third-order valence-corrected chi connectivity index (χ3v) is 4.10. The van der Waals surface area contributed by atoms with Crippen LogP contribution < -0.4 is 5.32 Å². The lowest BCUT2D eigenvalue weighted by atomic mass is 10.2. The average Bonchev–Trinajstić information content (AvgIpc) is 2.58. The molecule has 1 unspecified atom stereocenters. The van der Waals surface area contributed by atoms with Crippen molar-refractivity contribution in [1.29, 1.82) is 0 Å². The van der Waals surface area contributed by atoms with Crippen molar-refractivity contribution in [3.63, 3.8) is 0 Å². The SMILES string of the molecule is O=C(NC(SCc1ccccc1)C(=O)O)OCc1ccccc1. The highest BCUT2D eigenvalue weighted by atomic mass is 32.2. The zero-order chi connectivity index (χ0) is 16.5. The number of rotatable bonds is 7. The first-order chi connectivity index (χ1) is 11.1. The second-order valence-corrected chi connectivity index (χ2v) is 5.81. The summed E-state index contributed by atoms with van der Waals surface area (Å²) in [6, 6.07) is 18.7. The van der Waals surface area contributed by atoms with Gasteiger partial charge in [0.15, 0.2) is 5.37 Å². The number of nitrogens with one attached hydrogen (secondary N) is 1. The molecule has 0 fully saturated rings. The second kappa shape index (κ2) is 8.85. The fourth-order valence-corrected chi connectivity index (χ4v) is 2.67. The minimum atomic E-state index is -1.11. The van der Waals surface area contributed by atoms with E-state index >= 15 is 0 Å². The van der Waals surface area contributed by atoms with Crippen molar-refractivity contribution in [3.05, 3.63) is 71.8 Å². The Labute approximate surface area is 138 Å². The molecule has 0 bridgehead atoms. The minimum Gasteiger partial charge on any atom is -0.479 e. The summed E-state index contributed by atoms with van der Waals surface area (Å²) in [5, 5.41) is 10.5. The number of carbonyl (C=O) groups is 2. The van der Waals surface area contributed by atoms with Crippen molar-refractivity contribution in [2.24, 2.45) is 0 Å². The summed E-state index contributed by atoms with van der Waals surface area (Å²) in [6.45, 7) is 0.0996. The molecule has 120 valence electrons. The van der Waals surface area contributed by atoms with Crippen LogP contribution in [0.15, 0.2) is 60.7 Å². The standard InChI is InChI=1S/C17H17NO4S/c19-16(20)15(23-12-14-9-5-2-6-10-14)18-17(21)22-11-13-7-3-1-4-8-13/h1-10,15H,11-12H2,(H,18,21)(H,19,20). The van der Waals surface area contributed by atoms with Crippen molar-refractivity contribution < 1.29 is 19.4 Å². The molecular formula is C17H17NO4S. The van der Waals surface area contributed by atoms with Gasteiger partial charge in [0, 0.05) is 5.75 Å². The van der Waals surface area contributed by atoms with Crippen LogP contribution in [0.2, 0.25) is 0 Å². The van der Waals surface area contributed by atoms with Gasteiger partial charge in [-0.25, -0.2) is 9.59 Å². The van der Waals surface area contributed by atoms with Crippen molar-refractivity contribution in [2.75, 3.05) is 0 Å². The van der Waals surface area contributed by atoms with E-state index in [4.69, 9.17) is 4.74 Å². The first-order valence-corrected chi connectivity index (χ1v) is 8.05. The monoisotopic (exact) mass is 331 g/mol. The maximum atomic E-state index is 11.7. The first-order valence-electron chi connectivity index (χ1n) is 7.00. The lowest BCUT2D eigenvalue weighted by molar-refractivity contribution is -0.136. The van der Waals surface area contributed by atoms with Crippen LogP contribution in [-0.4, -0.2) is 22.5 Å². The third-order valence-electron chi connectivity index (χ3n) is 2.95. The van der Waals surface area contributed by atoms with Crippen LogP contribution in [-0.2, 0) is 21.9 Å². The molecule has 1 atom stereocenters. The number of alkyl carbamates (subject to hydrolysis) is 1. The van der Waals surface area contributed by atoms with Crippen LogP contribution >= 0.6 is 11.8 Å². The van der Waals surface area contributed by atoms with Gasteiger partial charge in [-0.15, -0.1) is 11.8 Å². The predicted molar refractivity (Wildman–Crippen MR) is 88.9 cm³/mol. The first kappa shape index (κ1) is 16.9. The second-order valence-electron chi connectivity index (χ2n) is 4.72. The highest BCUT2D eigenvalue weighted by Gasteiger charge is 2.21. The molecule has 5 nitrogen and oxygen atoms in total. The Hall–Kier alpha value is -2.47. The molecule has 0 spiro atoms. The number of carboxylic acid groups (broad SMARTS) is 1. The Morgan fingerprint density at radius 2 is 1.57 bits per heavy atom. The number of hydrogen-bond donors (Lipinski definition) is 2. The van der Waals surface area contributed by atoms with Crippen LogP contribution in [0.5, 0.6) is 0 Å². The summed E-state index contributed by atoms with van der Waals surface area (Å²) >= 11 is 1.12. The van der Waals surface area contributed by atoms with Gasteiger partial charge in [0.25, 0.3) is 0 Å². The third kappa shape index (κ3) is 6.04. The van der Waals surface area contributed by atoms with Gasteiger partial charge in [0.1, 0.15) is 6.61 Å². The Kier molecular flexibility index (Phi) is 6.50. The van der Waals surface area contributed by atoms with E-state index < -0.39 is 17.4 Å². The molecule has 23 heavy (non-hydrogen) atoms. The summed E-state index contributed by atoms with van der Waals surface area (Å²) in [4.78, 5) is 23.0. The highest BCUT2D eigenvalue weighted by Crippen LogP contribution is 2.16. The molecule has 0 saturated carbocycles. The maximum absolute atomic E-state index is 11.7. The molecule has 0 aromatic heterocycles. The summed E-state index contributed by atoms with van der Waals surface area (Å²) in [5.41, 5.74) is 1.83. The van der Waals surface area contributed by atoms with Crippen LogP contribution in [0.4, 0.5) is 4.79 Å². The van der Waals surface area contributed by atoms with E-state index in [1.807, 2.05) is 60.7 Å². The summed E-state index contributed by atoms with van der Waals surface area (Å²) < 4.78 is 5.03. The molecule has 0 heterocycles. The average molecular weight is 331 g/mol. The number of ether oxygens (including phenoxy) is 1. The molecule has 2 aromatic rings. The molecule has 0 radical (unpaired) electrons. The Bertz CT molecular complexity index is 634. The van der Waals surface area contributed by atoms with Crippen LogP contribution in [0, 0.1) is 0 Å². The predicted octanol–water partition coefficient (Wildman–Crippen LogP) is 3.26. The number of thioether (sulfide) groups is 1. The van der Waals surface area contributed by atoms with Crippen LogP contribution in [0.3, 0.4) is 0 Å². The van der Waals surface area contributed by atoms with Gasteiger partial charge in [-0.2, -0.15) is 0 Å². The smallest absolute Gasteiger partial charge is 0.408 e. The van der Waals surface area contributed by atoms with E-state index in [0.717, 1.165) is 22.9 Å². The lowest BCUT2D eigenvalue weighted by Crippen LogP contribution is -2.38. The normalized spacial score (nSPS) is 11.5. The Morgan fingerprint density at radius 3 is 2.13 bits per heavy atom. The number of hydrogen-bond acceptors (Lipinski definition) is 4. The number of benzene rings is 2. The van der Waals surface area contributed by atoms with Gasteiger partial charge in [0.05, 0.1) is 0 Å². The largest absolute Gasteiger partial charge is 0.479 e. The lowest BCUT2D eigenvalue weighted by Gasteiger charge is -2.14. The van der Waals surface area contributed by atoms with E-state index in [1.165, 1.54) is 0 Å². The molecule has 2 rings (SSSR count). The van der Waals surface area contributed by atoms with Gasteiger partial charge < -0.3 is 9.84 Å². The van der Waals surface area contributed by atoms with Crippen LogP contribution in [0.25, 0.3) is 0 Å². The molecule has 0 aliphatic rings. The Balaban J connectivity index is 1.81.